The normalized spacial score (nSPS) is 13.8. The first-order chi connectivity index (χ1) is 26.0. The maximum Gasteiger partial charge on any atom is 0.0129 e. The zero-order chi connectivity index (χ0) is 37.0. The van der Waals surface area contributed by atoms with Crippen LogP contribution in [0.25, 0.3) is 62.9 Å². The Bertz CT molecular complexity index is 2340. The highest BCUT2D eigenvalue weighted by atomic mass is 14.6. The minimum atomic E-state index is 0.779. The highest BCUT2D eigenvalue weighted by Crippen LogP contribution is 2.42. The van der Waals surface area contributed by atoms with Crippen molar-refractivity contribution in [2.45, 2.75) is 40.0 Å². The van der Waals surface area contributed by atoms with Crippen molar-refractivity contribution < 1.29 is 0 Å². The maximum absolute atomic E-state index is 6.58. The molecule has 0 saturated carbocycles. The Labute approximate surface area is 316 Å². The van der Waals surface area contributed by atoms with Crippen molar-refractivity contribution in [3.8, 4) is 22.3 Å². The van der Waals surface area contributed by atoms with Crippen LogP contribution in [0.15, 0.2) is 176 Å². The monoisotopic (exact) mass is 687 g/mol. The van der Waals surface area contributed by atoms with Gasteiger partial charge in [-0.05, 0) is 105 Å². The lowest BCUT2D eigenvalue weighted by atomic mass is 9.86. The molecule has 0 fully saturated rings. The third kappa shape index (κ3) is 8.49. The van der Waals surface area contributed by atoms with E-state index >= 15 is 0 Å². The predicted molar refractivity (Wildman–Crippen MR) is 235 cm³/mol. The fraction of sp³-hybridized carbons (Fsp3) is 0.115. The van der Waals surface area contributed by atoms with Gasteiger partial charge >= 0.3 is 0 Å². The van der Waals surface area contributed by atoms with Crippen LogP contribution in [0.3, 0.4) is 0 Å². The standard InChI is InChI=1S/C52H49N/c1-5-8-9-13-26-47-48-28-18-19-29-50(48)52(51-31-20-30-49(47)51)43-35-33-42(34-36-43)45-25-16-17-27-46(45)44(38(4)53)37-32-39(6-2)21-11-10-12-23-41-24-15-14-22-40(41)7-3/h6-9,11-29,31-37H,3,5,10,30,53H2,1-2,4H3/b9-8-,21-11-,23-12?,26-13?,37-32+,39-6-,44-38+. The van der Waals surface area contributed by atoms with Crippen molar-refractivity contribution in [2.75, 3.05) is 0 Å². The molecule has 0 atom stereocenters. The predicted octanol–water partition coefficient (Wildman–Crippen LogP) is 14.2. The van der Waals surface area contributed by atoms with Crippen LogP contribution in [0.1, 0.15) is 67.0 Å². The summed E-state index contributed by atoms with van der Waals surface area (Å²) in [7, 11) is 0. The molecule has 53 heavy (non-hydrogen) atoms. The fourth-order valence-corrected chi connectivity index (χ4v) is 7.08. The zero-order valence-corrected chi connectivity index (χ0v) is 31.2. The summed E-state index contributed by atoms with van der Waals surface area (Å²) in [5, 5.41) is 2.57. The van der Waals surface area contributed by atoms with Crippen LogP contribution in [0.4, 0.5) is 0 Å². The van der Waals surface area contributed by atoms with Crippen molar-refractivity contribution in [1.29, 1.82) is 0 Å². The quantitative estimate of drug-likeness (QED) is 0.123. The van der Waals surface area contributed by atoms with Crippen LogP contribution < -0.4 is 5.73 Å². The van der Waals surface area contributed by atoms with Gasteiger partial charge in [0.1, 0.15) is 0 Å². The molecule has 0 amide bonds. The fourth-order valence-electron chi connectivity index (χ4n) is 7.08. The lowest BCUT2D eigenvalue weighted by Crippen LogP contribution is -1.98. The molecular weight excluding hydrogens is 639 g/mol. The first kappa shape index (κ1) is 36.6. The second-order valence-electron chi connectivity index (χ2n) is 13.2. The van der Waals surface area contributed by atoms with E-state index in [9.17, 15) is 0 Å². The summed E-state index contributed by atoms with van der Waals surface area (Å²) < 4.78 is 0. The number of nitrogens with two attached hydrogens (primary N) is 1. The largest absolute Gasteiger partial charge is 0.402 e. The number of fused-ring (bicyclic) bond motifs is 2. The zero-order valence-electron chi connectivity index (χ0n) is 31.2. The molecule has 0 heterocycles. The van der Waals surface area contributed by atoms with Gasteiger partial charge in [0.2, 0.25) is 0 Å². The molecule has 5 aromatic carbocycles. The molecule has 0 aliphatic heterocycles. The smallest absolute Gasteiger partial charge is 0.0129 e. The van der Waals surface area contributed by atoms with Gasteiger partial charge < -0.3 is 5.73 Å². The molecule has 0 unspecified atom stereocenters. The molecule has 2 N–H and O–H groups in total. The lowest BCUT2D eigenvalue weighted by Gasteiger charge is -2.18. The van der Waals surface area contributed by atoms with Crippen LogP contribution in [0.5, 0.6) is 0 Å². The number of benzene rings is 5. The summed E-state index contributed by atoms with van der Waals surface area (Å²) >= 11 is 0. The number of hydrogen-bond donors (Lipinski definition) is 1. The van der Waals surface area contributed by atoms with E-state index in [2.05, 4.69) is 190 Å². The van der Waals surface area contributed by atoms with Crippen molar-refractivity contribution >= 4 is 40.6 Å². The molecule has 0 saturated heterocycles. The molecule has 1 aliphatic rings. The van der Waals surface area contributed by atoms with Crippen LogP contribution in [0.2, 0.25) is 0 Å². The van der Waals surface area contributed by atoms with Crippen molar-refractivity contribution in [1.82, 2.24) is 0 Å². The van der Waals surface area contributed by atoms with Crippen LogP contribution in [0, 0.1) is 0 Å². The molecule has 262 valence electrons. The Morgan fingerprint density at radius 2 is 1.45 bits per heavy atom. The van der Waals surface area contributed by atoms with Crippen LogP contribution >= 0.6 is 0 Å². The minimum absolute atomic E-state index is 0.779. The average Bonchev–Trinajstić information content (AvgIpc) is 3.68. The van der Waals surface area contributed by atoms with Crippen LogP contribution in [-0.2, 0) is 6.42 Å². The van der Waals surface area contributed by atoms with Gasteiger partial charge in [-0.15, -0.1) is 0 Å². The SMILES string of the molecule is C=Cc1ccccc1C=CC\C=C/C(=C/C)/C=C/C(=C(/C)N)c1ccccc1-c1ccc(-c2c3c(c(C=C/C=C\CC)c4ccccc24)CC=C3)cc1. The Balaban J connectivity index is 1.27. The molecule has 0 radical (unpaired) electrons. The van der Waals surface area contributed by atoms with Gasteiger partial charge in [-0.3, -0.25) is 0 Å². The van der Waals surface area contributed by atoms with E-state index in [1.807, 2.05) is 19.1 Å². The Kier molecular flexibility index (Phi) is 12.3. The molecular formula is C52H49N. The molecule has 0 spiro atoms. The highest BCUT2D eigenvalue weighted by molar-refractivity contribution is 6.07. The van der Waals surface area contributed by atoms with E-state index in [-0.39, 0.29) is 0 Å². The number of hydrogen-bond acceptors (Lipinski definition) is 1. The van der Waals surface area contributed by atoms with E-state index in [1.165, 1.54) is 44.2 Å². The van der Waals surface area contributed by atoms with E-state index in [0.717, 1.165) is 58.4 Å². The summed E-state index contributed by atoms with van der Waals surface area (Å²) in [5.74, 6) is 0. The van der Waals surface area contributed by atoms with E-state index in [1.54, 1.807) is 0 Å². The summed E-state index contributed by atoms with van der Waals surface area (Å²) in [6.07, 6.45) is 33.2. The van der Waals surface area contributed by atoms with E-state index in [0.29, 0.717) is 0 Å². The van der Waals surface area contributed by atoms with Gasteiger partial charge in [-0.1, -0.05) is 196 Å². The lowest BCUT2D eigenvalue weighted by molar-refractivity contribution is 1.22. The molecule has 1 heteroatoms. The second kappa shape index (κ2) is 17.8. The molecule has 1 nitrogen and oxygen atoms in total. The molecule has 1 aliphatic carbocycles. The average molecular weight is 688 g/mol. The molecule has 5 aromatic rings. The third-order valence-corrected chi connectivity index (χ3v) is 9.76. The number of rotatable bonds is 13. The highest BCUT2D eigenvalue weighted by Gasteiger charge is 2.20. The van der Waals surface area contributed by atoms with Crippen molar-refractivity contribution in [3.63, 3.8) is 0 Å². The Morgan fingerprint density at radius 3 is 2.21 bits per heavy atom. The van der Waals surface area contributed by atoms with Gasteiger partial charge in [0.05, 0.1) is 0 Å². The minimum Gasteiger partial charge on any atom is -0.402 e. The summed E-state index contributed by atoms with van der Waals surface area (Å²) in [5.41, 5.74) is 21.8. The topological polar surface area (TPSA) is 26.0 Å². The van der Waals surface area contributed by atoms with Gasteiger partial charge in [0, 0.05) is 11.3 Å². The second-order valence-corrected chi connectivity index (χ2v) is 13.2. The summed E-state index contributed by atoms with van der Waals surface area (Å²) in [6, 6.07) is 34.7. The van der Waals surface area contributed by atoms with E-state index in [4.69, 9.17) is 5.73 Å². The molecule has 0 aromatic heterocycles. The van der Waals surface area contributed by atoms with Gasteiger partial charge in [0.25, 0.3) is 0 Å². The Hall–Kier alpha value is -6.18. The van der Waals surface area contributed by atoms with Gasteiger partial charge in [-0.25, -0.2) is 0 Å². The van der Waals surface area contributed by atoms with Crippen molar-refractivity contribution in [2.24, 2.45) is 5.73 Å². The summed E-state index contributed by atoms with van der Waals surface area (Å²) in [6.45, 7) is 10.1. The van der Waals surface area contributed by atoms with E-state index < -0.39 is 0 Å². The first-order valence-electron chi connectivity index (χ1n) is 18.7. The molecule has 6 rings (SSSR count). The van der Waals surface area contributed by atoms with Gasteiger partial charge in [0.15, 0.2) is 0 Å². The van der Waals surface area contributed by atoms with Crippen LogP contribution in [-0.4, -0.2) is 0 Å². The first-order valence-corrected chi connectivity index (χ1v) is 18.7. The molecule has 0 bridgehead atoms. The number of allylic oxidation sites excluding steroid dienone is 13. The third-order valence-electron chi connectivity index (χ3n) is 9.76. The maximum atomic E-state index is 6.58. The summed E-state index contributed by atoms with van der Waals surface area (Å²) in [4.78, 5) is 0. The Morgan fingerprint density at radius 1 is 0.736 bits per heavy atom. The van der Waals surface area contributed by atoms with Gasteiger partial charge in [-0.2, -0.15) is 0 Å². The van der Waals surface area contributed by atoms with Crippen molar-refractivity contribution in [3.05, 3.63) is 209 Å².